The Hall–Kier alpha value is -3.25. The summed E-state index contributed by atoms with van der Waals surface area (Å²) in [5, 5.41) is 0.567. The van der Waals surface area contributed by atoms with Gasteiger partial charge in [0, 0.05) is 18.0 Å². The summed E-state index contributed by atoms with van der Waals surface area (Å²) >= 11 is 5.93. The normalized spacial score (nSPS) is 15.4. The molecule has 1 aliphatic heterocycles. The molecule has 30 heavy (non-hydrogen) atoms. The highest BCUT2D eigenvalue weighted by Crippen LogP contribution is 2.26. The molecule has 4 rings (SSSR count). The van der Waals surface area contributed by atoms with Crippen LogP contribution in [0.25, 0.3) is 0 Å². The number of amides is 1. The Morgan fingerprint density at radius 3 is 2.63 bits per heavy atom. The Balaban J connectivity index is 1.42. The number of ether oxygens (including phenoxy) is 2. The van der Waals surface area contributed by atoms with E-state index in [1.54, 1.807) is 36.4 Å². The number of benzene rings is 2. The molecule has 0 fully saturated rings. The molecule has 1 amide bonds. The maximum Gasteiger partial charge on any atom is 0.329 e. The average molecular weight is 426 g/mol. The molecule has 1 unspecified atom stereocenters. The number of hydrogen-bond acceptors (Lipinski definition) is 5. The largest absolute Gasteiger partial charge is 0.490 e. The highest BCUT2D eigenvalue weighted by Gasteiger charge is 2.36. The van der Waals surface area contributed by atoms with E-state index in [2.05, 4.69) is 0 Å². The summed E-state index contributed by atoms with van der Waals surface area (Å²) in [4.78, 5) is 27.3. The molecule has 0 N–H and O–H groups in total. The lowest BCUT2D eigenvalue weighted by Crippen LogP contribution is -2.49. The number of furan rings is 1. The molecule has 6 nitrogen and oxygen atoms in total. The first-order valence-corrected chi connectivity index (χ1v) is 9.96. The van der Waals surface area contributed by atoms with E-state index >= 15 is 0 Å². The quantitative estimate of drug-likeness (QED) is 0.439. The number of esters is 1. The first kappa shape index (κ1) is 20.0. The summed E-state index contributed by atoms with van der Waals surface area (Å²) in [7, 11) is 0. The van der Waals surface area contributed by atoms with Crippen LogP contribution in [0.5, 0.6) is 5.75 Å². The summed E-state index contributed by atoms with van der Waals surface area (Å²) in [6.07, 6.45) is 1.82. The fraction of sp³-hybridized carbons (Fsp3) is 0.217. The number of rotatable bonds is 6. The minimum atomic E-state index is -0.733. The summed E-state index contributed by atoms with van der Waals surface area (Å²) < 4.78 is 16.2. The highest BCUT2D eigenvalue weighted by atomic mass is 35.5. The van der Waals surface area contributed by atoms with Crippen LogP contribution < -0.4 is 4.74 Å². The standard InChI is InChI=1S/C23H20ClNO5/c24-18-7-3-8-19(14-18)28-11-12-30-23(27)20-13-16-5-1-2-6-17(16)15-25(20)22(26)21-9-4-10-29-21/h1-10,14,20H,11-13,15H2. The summed E-state index contributed by atoms with van der Waals surface area (Å²) in [6, 6.07) is 17.2. The Labute approximate surface area is 179 Å². The van der Waals surface area contributed by atoms with Gasteiger partial charge in [-0.15, -0.1) is 0 Å². The second-order valence-corrected chi connectivity index (χ2v) is 7.31. The molecular weight excluding hydrogens is 406 g/mol. The van der Waals surface area contributed by atoms with E-state index in [0.29, 0.717) is 23.7 Å². The summed E-state index contributed by atoms with van der Waals surface area (Å²) in [5.41, 5.74) is 2.03. The van der Waals surface area contributed by atoms with Crippen LogP contribution in [0.1, 0.15) is 21.7 Å². The van der Waals surface area contributed by atoms with Gasteiger partial charge in [0.2, 0.25) is 0 Å². The molecule has 2 aromatic carbocycles. The van der Waals surface area contributed by atoms with Crippen molar-refractivity contribution in [1.82, 2.24) is 4.90 Å². The highest BCUT2D eigenvalue weighted by molar-refractivity contribution is 6.30. The van der Waals surface area contributed by atoms with Crippen molar-refractivity contribution in [1.29, 1.82) is 0 Å². The van der Waals surface area contributed by atoms with Crippen molar-refractivity contribution >= 4 is 23.5 Å². The van der Waals surface area contributed by atoms with Gasteiger partial charge in [0.05, 0.1) is 6.26 Å². The molecule has 0 saturated carbocycles. The zero-order valence-corrected chi connectivity index (χ0v) is 16.9. The van der Waals surface area contributed by atoms with Crippen LogP contribution in [0.3, 0.4) is 0 Å². The van der Waals surface area contributed by atoms with Crippen LogP contribution in [0.15, 0.2) is 71.3 Å². The predicted octanol–water partition coefficient (Wildman–Crippen LogP) is 4.12. The average Bonchev–Trinajstić information content (AvgIpc) is 3.30. The smallest absolute Gasteiger partial charge is 0.329 e. The maximum atomic E-state index is 12.9. The Bertz CT molecular complexity index is 1030. The molecule has 7 heteroatoms. The SMILES string of the molecule is O=C(OCCOc1cccc(Cl)c1)C1Cc2ccccc2CN1C(=O)c1ccco1. The molecule has 0 aliphatic carbocycles. The molecule has 1 aromatic heterocycles. The fourth-order valence-corrected chi connectivity index (χ4v) is 3.62. The lowest BCUT2D eigenvalue weighted by molar-refractivity contribution is -0.150. The number of halogens is 1. The molecule has 1 aliphatic rings. The van der Waals surface area contributed by atoms with Crippen molar-refractivity contribution in [2.75, 3.05) is 13.2 Å². The number of hydrogen-bond donors (Lipinski definition) is 0. The van der Waals surface area contributed by atoms with Gasteiger partial charge in [-0.05, 0) is 41.5 Å². The molecule has 0 spiro atoms. The van der Waals surface area contributed by atoms with E-state index in [1.165, 1.54) is 11.2 Å². The van der Waals surface area contributed by atoms with Crippen molar-refractivity contribution in [3.8, 4) is 5.75 Å². The molecule has 154 valence electrons. The van der Waals surface area contributed by atoms with Gasteiger partial charge in [0.15, 0.2) is 5.76 Å². The second kappa shape index (κ2) is 9.05. The van der Waals surface area contributed by atoms with Crippen molar-refractivity contribution in [2.45, 2.75) is 19.0 Å². The summed E-state index contributed by atoms with van der Waals surface area (Å²) in [5.74, 6) is -0.0260. The van der Waals surface area contributed by atoms with Crippen LogP contribution in [0.2, 0.25) is 5.02 Å². The van der Waals surface area contributed by atoms with Gasteiger partial charge in [0.25, 0.3) is 5.91 Å². The Morgan fingerprint density at radius 2 is 1.87 bits per heavy atom. The minimum Gasteiger partial charge on any atom is -0.490 e. The van der Waals surface area contributed by atoms with Gasteiger partial charge < -0.3 is 18.8 Å². The number of fused-ring (bicyclic) bond motifs is 1. The van der Waals surface area contributed by atoms with Crippen molar-refractivity contribution in [3.63, 3.8) is 0 Å². The minimum absolute atomic E-state index is 0.0618. The van der Waals surface area contributed by atoms with Gasteiger partial charge in [-0.2, -0.15) is 0 Å². The molecular formula is C23H20ClNO5. The first-order valence-electron chi connectivity index (χ1n) is 9.58. The van der Waals surface area contributed by atoms with E-state index in [1.807, 2.05) is 24.3 Å². The van der Waals surface area contributed by atoms with Gasteiger partial charge in [-0.3, -0.25) is 4.79 Å². The molecule has 0 saturated heterocycles. The van der Waals surface area contributed by atoms with Crippen LogP contribution in [0.4, 0.5) is 0 Å². The van der Waals surface area contributed by atoms with Crippen LogP contribution >= 0.6 is 11.6 Å². The monoisotopic (exact) mass is 425 g/mol. The van der Waals surface area contributed by atoms with E-state index in [9.17, 15) is 9.59 Å². The topological polar surface area (TPSA) is 69.0 Å². The van der Waals surface area contributed by atoms with Crippen molar-refractivity contribution < 1.29 is 23.5 Å². The first-order chi connectivity index (χ1) is 14.6. The third-order valence-electron chi connectivity index (χ3n) is 4.91. The zero-order valence-electron chi connectivity index (χ0n) is 16.1. The Morgan fingerprint density at radius 1 is 1.03 bits per heavy atom. The zero-order chi connectivity index (χ0) is 20.9. The van der Waals surface area contributed by atoms with Gasteiger partial charge >= 0.3 is 5.97 Å². The molecule has 0 bridgehead atoms. The van der Waals surface area contributed by atoms with E-state index in [4.69, 9.17) is 25.5 Å². The molecule has 1 atom stereocenters. The summed E-state index contributed by atoms with van der Waals surface area (Å²) in [6.45, 7) is 0.558. The van der Waals surface area contributed by atoms with Crippen molar-refractivity contribution in [3.05, 3.63) is 88.8 Å². The Kier molecular flexibility index (Phi) is 6.05. The number of carbonyl (C=O) groups excluding carboxylic acids is 2. The third kappa shape index (κ3) is 4.49. The van der Waals surface area contributed by atoms with Crippen LogP contribution in [-0.2, 0) is 22.5 Å². The third-order valence-corrected chi connectivity index (χ3v) is 5.14. The van der Waals surface area contributed by atoms with Gasteiger partial charge in [-0.1, -0.05) is 41.9 Å². The molecule has 3 aromatic rings. The lowest BCUT2D eigenvalue weighted by atomic mass is 9.93. The second-order valence-electron chi connectivity index (χ2n) is 6.87. The van der Waals surface area contributed by atoms with E-state index < -0.39 is 12.0 Å². The van der Waals surface area contributed by atoms with Crippen molar-refractivity contribution in [2.24, 2.45) is 0 Å². The fourth-order valence-electron chi connectivity index (χ4n) is 3.44. The predicted molar refractivity (Wildman–Crippen MR) is 110 cm³/mol. The van der Waals surface area contributed by atoms with Gasteiger partial charge in [-0.25, -0.2) is 4.79 Å². The van der Waals surface area contributed by atoms with E-state index in [-0.39, 0.29) is 24.9 Å². The molecule has 2 heterocycles. The number of carbonyl (C=O) groups is 2. The maximum absolute atomic E-state index is 12.9. The number of nitrogens with zero attached hydrogens (tertiary/aromatic N) is 1. The molecule has 0 radical (unpaired) electrons. The van der Waals surface area contributed by atoms with E-state index in [0.717, 1.165) is 11.1 Å². The van der Waals surface area contributed by atoms with Crippen LogP contribution in [-0.4, -0.2) is 36.0 Å². The lowest BCUT2D eigenvalue weighted by Gasteiger charge is -2.34. The van der Waals surface area contributed by atoms with Gasteiger partial charge in [0.1, 0.15) is 25.0 Å². The van der Waals surface area contributed by atoms with Crippen LogP contribution in [0, 0.1) is 0 Å².